The Hall–Kier alpha value is -1.80. The Balaban J connectivity index is 2.14. The van der Waals surface area contributed by atoms with Gasteiger partial charge < -0.3 is 10.6 Å². The first kappa shape index (κ1) is 13.2. The van der Waals surface area contributed by atoms with Crippen LogP contribution in [0.15, 0.2) is 48.5 Å². The molecule has 1 unspecified atom stereocenters. The van der Waals surface area contributed by atoms with Crippen LogP contribution in [0.3, 0.4) is 0 Å². The molecule has 2 nitrogen and oxygen atoms in total. The van der Waals surface area contributed by atoms with Crippen LogP contribution in [-0.4, -0.2) is 6.04 Å². The van der Waals surface area contributed by atoms with Crippen molar-refractivity contribution >= 4 is 11.4 Å². The van der Waals surface area contributed by atoms with E-state index < -0.39 is 0 Å². The van der Waals surface area contributed by atoms with Crippen LogP contribution < -0.4 is 10.6 Å². The summed E-state index contributed by atoms with van der Waals surface area (Å²) in [5, 5.41) is 0. The number of nitrogens with two attached hydrogens (primary N) is 1. The van der Waals surface area contributed by atoms with Gasteiger partial charge in [-0.05, 0) is 49.9 Å². The smallest absolute Gasteiger partial charge is 0.0461 e. The standard InChI is InChI=1S/C18H22N2/c1-13-11-12-15-7-3-5-9-17(15)20(13)18-10-6-4-8-16(18)14(2)19/h3-10,13-14H,11-12,19H2,1-2H3/t13?,14-/m1/s1. The van der Waals surface area contributed by atoms with E-state index in [1.165, 1.54) is 28.9 Å². The van der Waals surface area contributed by atoms with Crippen molar-refractivity contribution in [2.24, 2.45) is 5.73 Å². The SMILES string of the molecule is CC1CCc2ccccc2N1c1ccccc1[C@@H](C)N. The van der Waals surface area contributed by atoms with Crippen LogP contribution in [0.25, 0.3) is 0 Å². The van der Waals surface area contributed by atoms with E-state index in [9.17, 15) is 0 Å². The first-order valence-electron chi connectivity index (χ1n) is 7.40. The lowest BCUT2D eigenvalue weighted by Gasteiger charge is -2.38. The highest BCUT2D eigenvalue weighted by Gasteiger charge is 2.25. The number of nitrogens with zero attached hydrogens (tertiary/aromatic N) is 1. The van der Waals surface area contributed by atoms with Gasteiger partial charge in [0, 0.05) is 23.5 Å². The highest BCUT2D eigenvalue weighted by molar-refractivity contribution is 5.71. The van der Waals surface area contributed by atoms with Crippen molar-refractivity contribution in [3.8, 4) is 0 Å². The number of hydrogen-bond donors (Lipinski definition) is 1. The van der Waals surface area contributed by atoms with Crippen LogP contribution in [-0.2, 0) is 6.42 Å². The summed E-state index contributed by atoms with van der Waals surface area (Å²) in [5.41, 5.74) is 11.4. The van der Waals surface area contributed by atoms with Crippen molar-refractivity contribution in [2.75, 3.05) is 4.90 Å². The molecule has 3 rings (SSSR count). The second-order valence-electron chi connectivity index (χ2n) is 5.73. The molecule has 0 aliphatic carbocycles. The van der Waals surface area contributed by atoms with Gasteiger partial charge in [0.1, 0.15) is 0 Å². The molecule has 2 aromatic carbocycles. The fourth-order valence-electron chi connectivity index (χ4n) is 3.15. The Morgan fingerprint density at radius 3 is 2.45 bits per heavy atom. The molecule has 0 radical (unpaired) electrons. The lowest BCUT2D eigenvalue weighted by Crippen LogP contribution is -2.34. The van der Waals surface area contributed by atoms with E-state index in [1.807, 2.05) is 0 Å². The van der Waals surface area contributed by atoms with Gasteiger partial charge >= 0.3 is 0 Å². The van der Waals surface area contributed by atoms with Gasteiger partial charge in [-0.15, -0.1) is 0 Å². The van der Waals surface area contributed by atoms with Crippen molar-refractivity contribution in [3.63, 3.8) is 0 Å². The van der Waals surface area contributed by atoms with E-state index in [2.05, 4.69) is 67.3 Å². The van der Waals surface area contributed by atoms with Gasteiger partial charge in [0.15, 0.2) is 0 Å². The third kappa shape index (κ3) is 2.20. The number of hydrogen-bond acceptors (Lipinski definition) is 2. The van der Waals surface area contributed by atoms with Gasteiger partial charge in [-0.3, -0.25) is 0 Å². The summed E-state index contributed by atoms with van der Waals surface area (Å²) in [6, 6.07) is 17.8. The predicted molar refractivity (Wildman–Crippen MR) is 85.4 cm³/mol. The Labute approximate surface area is 121 Å². The molecule has 0 saturated carbocycles. The Morgan fingerprint density at radius 2 is 1.70 bits per heavy atom. The molecule has 0 saturated heterocycles. The molecule has 1 aliphatic rings. The first-order chi connectivity index (χ1) is 9.68. The minimum atomic E-state index is 0.0486. The first-order valence-corrected chi connectivity index (χ1v) is 7.40. The van der Waals surface area contributed by atoms with Crippen LogP contribution in [0.2, 0.25) is 0 Å². The normalized spacial score (nSPS) is 19.6. The van der Waals surface area contributed by atoms with Crippen LogP contribution in [0, 0.1) is 0 Å². The number of rotatable bonds is 2. The Kier molecular flexibility index (Phi) is 3.49. The minimum Gasteiger partial charge on any atom is -0.338 e. The number of fused-ring (bicyclic) bond motifs is 1. The highest BCUT2D eigenvalue weighted by atomic mass is 15.2. The molecule has 1 aliphatic heterocycles. The monoisotopic (exact) mass is 266 g/mol. The zero-order valence-corrected chi connectivity index (χ0v) is 12.2. The summed E-state index contributed by atoms with van der Waals surface area (Å²) in [5.74, 6) is 0. The third-order valence-corrected chi connectivity index (χ3v) is 4.21. The Bertz CT molecular complexity index is 604. The van der Waals surface area contributed by atoms with Crippen LogP contribution >= 0.6 is 0 Å². The van der Waals surface area contributed by atoms with Gasteiger partial charge in [0.2, 0.25) is 0 Å². The summed E-state index contributed by atoms with van der Waals surface area (Å²) in [4.78, 5) is 2.46. The van der Waals surface area contributed by atoms with E-state index >= 15 is 0 Å². The molecule has 0 fully saturated rings. The maximum Gasteiger partial charge on any atom is 0.0461 e. The Morgan fingerprint density at radius 1 is 1.05 bits per heavy atom. The highest BCUT2D eigenvalue weighted by Crippen LogP contribution is 2.39. The van der Waals surface area contributed by atoms with Gasteiger partial charge in [0.25, 0.3) is 0 Å². The summed E-state index contributed by atoms with van der Waals surface area (Å²) < 4.78 is 0. The lowest BCUT2D eigenvalue weighted by molar-refractivity contribution is 0.614. The van der Waals surface area contributed by atoms with Gasteiger partial charge in [-0.1, -0.05) is 36.4 Å². The maximum atomic E-state index is 6.16. The molecule has 104 valence electrons. The third-order valence-electron chi connectivity index (χ3n) is 4.21. The number of aryl methyl sites for hydroxylation is 1. The predicted octanol–water partition coefficient (Wildman–Crippen LogP) is 4.18. The van der Waals surface area contributed by atoms with E-state index in [0.717, 1.165) is 6.42 Å². The van der Waals surface area contributed by atoms with Crippen molar-refractivity contribution in [3.05, 3.63) is 59.7 Å². The van der Waals surface area contributed by atoms with Crippen LogP contribution in [0.4, 0.5) is 11.4 Å². The van der Waals surface area contributed by atoms with Gasteiger partial charge in [0.05, 0.1) is 0 Å². The van der Waals surface area contributed by atoms with E-state index in [1.54, 1.807) is 0 Å². The quantitative estimate of drug-likeness (QED) is 0.883. The second-order valence-corrected chi connectivity index (χ2v) is 5.73. The summed E-state index contributed by atoms with van der Waals surface area (Å²) in [6.45, 7) is 4.35. The molecular formula is C18H22N2. The van der Waals surface area contributed by atoms with Gasteiger partial charge in [-0.2, -0.15) is 0 Å². The van der Waals surface area contributed by atoms with Crippen molar-refractivity contribution < 1.29 is 0 Å². The van der Waals surface area contributed by atoms with Gasteiger partial charge in [-0.25, -0.2) is 0 Å². The fourth-order valence-corrected chi connectivity index (χ4v) is 3.15. The molecule has 2 heteroatoms. The number of benzene rings is 2. The molecule has 0 spiro atoms. The molecular weight excluding hydrogens is 244 g/mol. The summed E-state index contributed by atoms with van der Waals surface area (Å²) in [7, 11) is 0. The van der Waals surface area contributed by atoms with E-state index in [4.69, 9.17) is 5.73 Å². The molecule has 0 bridgehead atoms. The maximum absolute atomic E-state index is 6.16. The molecule has 2 N–H and O–H groups in total. The second kappa shape index (κ2) is 5.29. The summed E-state index contributed by atoms with van der Waals surface area (Å²) >= 11 is 0. The van der Waals surface area contributed by atoms with Crippen LogP contribution in [0.5, 0.6) is 0 Å². The molecule has 0 aromatic heterocycles. The van der Waals surface area contributed by atoms with Crippen molar-refractivity contribution in [2.45, 2.75) is 38.8 Å². The molecule has 0 amide bonds. The average molecular weight is 266 g/mol. The topological polar surface area (TPSA) is 29.3 Å². The lowest BCUT2D eigenvalue weighted by atomic mass is 9.94. The average Bonchev–Trinajstić information content (AvgIpc) is 2.47. The summed E-state index contributed by atoms with van der Waals surface area (Å²) in [6.07, 6.45) is 2.35. The number of para-hydroxylation sites is 2. The van der Waals surface area contributed by atoms with Crippen LogP contribution in [0.1, 0.15) is 37.4 Å². The zero-order chi connectivity index (χ0) is 14.1. The molecule has 2 atom stereocenters. The van der Waals surface area contributed by atoms with E-state index in [-0.39, 0.29) is 6.04 Å². The number of anilines is 2. The minimum absolute atomic E-state index is 0.0486. The van der Waals surface area contributed by atoms with E-state index in [0.29, 0.717) is 6.04 Å². The van der Waals surface area contributed by atoms with Crippen molar-refractivity contribution in [1.29, 1.82) is 0 Å². The largest absolute Gasteiger partial charge is 0.338 e. The molecule has 2 aromatic rings. The fraction of sp³-hybridized carbons (Fsp3) is 0.333. The molecule has 1 heterocycles. The van der Waals surface area contributed by atoms with Crippen molar-refractivity contribution in [1.82, 2.24) is 0 Å². The zero-order valence-electron chi connectivity index (χ0n) is 12.2. The molecule has 20 heavy (non-hydrogen) atoms.